The maximum atomic E-state index is 11.7. The van der Waals surface area contributed by atoms with E-state index in [1.54, 1.807) is 18.3 Å². The van der Waals surface area contributed by atoms with E-state index in [0.717, 1.165) is 18.7 Å². The molecule has 0 spiro atoms. The number of carbonyl (C=O) groups excluding carboxylic acids is 1. The summed E-state index contributed by atoms with van der Waals surface area (Å²) < 4.78 is 1.81. The lowest BCUT2D eigenvalue weighted by atomic mass is 10.2. The van der Waals surface area contributed by atoms with E-state index in [-0.39, 0.29) is 5.91 Å². The summed E-state index contributed by atoms with van der Waals surface area (Å²) in [5, 5.41) is 6.89. The Bertz CT molecular complexity index is 507. The van der Waals surface area contributed by atoms with Crippen LogP contribution in [0.1, 0.15) is 12.8 Å². The van der Waals surface area contributed by atoms with E-state index < -0.39 is 0 Å². The zero-order valence-corrected chi connectivity index (χ0v) is 10.0. The molecule has 0 unspecified atom stereocenters. The number of aromatic nitrogens is 2. The van der Waals surface area contributed by atoms with Crippen molar-refractivity contribution in [2.24, 2.45) is 0 Å². The number of carbonyl (C=O) groups is 1. The van der Waals surface area contributed by atoms with Crippen LogP contribution in [0.3, 0.4) is 0 Å². The van der Waals surface area contributed by atoms with Crippen LogP contribution >= 0.6 is 0 Å². The second-order valence-electron chi connectivity index (χ2n) is 4.05. The van der Waals surface area contributed by atoms with Gasteiger partial charge in [-0.3, -0.25) is 9.48 Å². The number of hydrogen-bond donors (Lipinski definition) is 2. The fraction of sp³-hybridized carbons (Fsp3) is 0.231. The van der Waals surface area contributed by atoms with Crippen LogP contribution in [-0.2, 0) is 11.3 Å². The van der Waals surface area contributed by atoms with E-state index in [9.17, 15) is 4.79 Å². The smallest absolute Gasteiger partial charge is 0.224 e. The molecule has 1 aromatic heterocycles. The molecule has 2 aromatic rings. The molecular formula is C13H16N4O. The van der Waals surface area contributed by atoms with Crippen LogP contribution in [0.5, 0.6) is 0 Å². The number of anilines is 2. The quantitative estimate of drug-likeness (QED) is 0.789. The van der Waals surface area contributed by atoms with Crippen molar-refractivity contribution in [3.8, 4) is 0 Å². The predicted octanol–water partition coefficient (Wildman–Crippen LogP) is 1.88. The minimum Gasteiger partial charge on any atom is -0.399 e. The molecule has 1 heterocycles. The van der Waals surface area contributed by atoms with Crippen molar-refractivity contribution in [1.29, 1.82) is 0 Å². The van der Waals surface area contributed by atoms with Crippen molar-refractivity contribution in [3.63, 3.8) is 0 Å². The first-order valence-electron chi connectivity index (χ1n) is 5.87. The Morgan fingerprint density at radius 3 is 3.00 bits per heavy atom. The summed E-state index contributed by atoms with van der Waals surface area (Å²) in [5.41, 5.74) is 7.01. The van der Waals surface area contributed by atoms with Crippen LogP contribution in [0.4, 0.5) is 11.4 Å². The van der Waals surface area contributed by atoms with E-state index in [2.05, 4.69) is 10.4 Å². The van der Waals surface area contributed by atoms with Gasteiger partial charge in [-0.05, 0) is 30.7 Å². The molecule has 0 saturated carbocycles. The highest BCUT2D eigenvalue weighted by Gasteiger charge is 2.02. The van der Waals surface area contributed by atoms with Crippen LogP contribution in [0.15, 0.2) is 42.7 Å². The van der Waals surface area contributed by atoms with Gasteiger partial charge in [-0.1, -0.05) is 6.07 Å². The highest BCUT2D eigenvalue weighted by atomic mass is 16.1. The van der Waals surface area contributed by atoms with E-state index in [4.69, 9.17) is 5.73 Å². The molecule has 0 radical (unpaired) electrons. The van der Waals surface area contributed by atoms with Crippen LogP contribution < -0.4 is 11.1 Å². The third-order valence-corrected chi connectivity index (χ3v) is 2.52. The number of nitrogens with one attached hydrogen (secondary N) is 1. The zero-order chi connectivity index (χ0) is 12.8. The second kappa shape index (κ2) is 5.86. The third kappa shape index (κ3) is 3.62. The zero-order valence-electron chi connectivity index (χ0n) is 10.0. The number of nitrogen functional groups attached to an aromatic ring is 1. The summed E-state index contributed by atoms with van der Waals surface area (Å²) in [6.45, 7) is 0.747. The Morgan fingerprint density at radius 2 is 2.28 bits per heavy atom. The molecule has 0 bridgehead atoms. The first-order chi connectivity index (χ1) is 8.74. The monoisotopic (exact) mass is 244 g/mol. The summed E-state index contributed by atoms with van der Waals surface area (Å²) >= 11 is 0. The minimum atomic E-state index is -0.00671. The Morgan fingerprint density at radius 1 is 1.39 bits per heavy atom. The number of hydrogen-bond acceptors (Lipinski definition) is 3. The lowest BCUT2D eigenvalue weighted by molar-refractivity contribution is -0.116. The molecule has 1 aromatic carbocycles. The standard InChI is InChI=1S/C13H16N4O/c14-11-4-1-5-12(10-11)16-13(18)6-2-8-17-9-3-7-15-17/h1,3-5,7,9-10H,2,6,8,14H2,(H,16,18). The van der Waals surface area contributed by atoms with Gasteiger partial charge in [0.25, 0.3) is 0 Å². The van der Waals surface area contributed by atoms with Gasteiger partial charge in [0.05, 0.1) is 0 Å². The average Bonchev–Trinajstić information content (AvgIpc) is 2.82. The third-order valence-electron chi connectivity index (χ3n) is 2.52. The van der Waals surface area contributed by atoms with Crippen molar-refractivity contribution in [1.82, 2.24) is 9.78 Å². The summed E-state index contributed by atoms with van der Waals surface area (Å²) in [5.74, 6) is -0.00671. The summed E-state index contributed by atoms with van der Waals surface area (Å²) in [6.07, 6.45) is 4.84. The topological polar surface area (TPSA) is 72.9 Å². The maximum Gasteiger partial charge on any atom is 0.224 e. The molecule has 0 aliphatic rings. The van der Waals surface area contributed by atoms with Gasteiger partial charge in [0.2, 0.25) is 5.91 Å². The van der Waals surface area contributed by atoms with Gasteiger partial charge in [0, 0.05) is 36.7 Å². The van der Waals surface area contributed by atoms with Gasteiger partial charge in [-0.15, -0.1) is 0 Å². The number of nitrogens with zero attached hydrogens (tertiary/aromatic N) is 2. The van der Waals surface area contributed by atoms with Crippen LogP contribution in [0.25, 0.3) is 0 Å². The second-order valence-corrected chi connectivity index (χ2v) is 4.05. The number of amides is 1. The number of nitrogens with two attached hydrogens (primary N) is 1. The minimum absolute atomic E-state index is 0.00671. The number of benzene rings is 1. The van der Waals surface area contributed by atoms with Crippen LogP contribution in [0.2, 0.25) is 0 Å². The molecule has 5 heteroatoms. The van der Waals surface area contributed by atoms with Gasteiger partial charge in [-0.2, -0.15) is 5.10 Å². The lowest BCUT2D eigenvalue weighted by Gasteiger charge is -2.06. The van der Waals surface area contributed by atoms with Crippen LogP contribution in [-0.4, -0.2) is 15.7 Å². The van der Waals surface area contributed by atoms with Crippen molar-refractivity contribution in [3.05, 3.63) is 42.7 Å². The first kappa shape index (κ1) is 12.2. The SMILES string of the molecule is Nc1cccc(NC(=O)CCCn2cccn2)c1. The number of rotatable bonds is 5. The van der Waals surface area contributed by atoms with E-state index in [0.29, 0.717) is 12.1 Å². The molecule has 0 aliphatic carbocycles. The number of aryl methyl sites for hydroxylation is 1. The molecule has 0 saturated heterocycles. The largest absolute Gasteiger partial charge is 0.399 e. The Balaban J connectivity index is 1.75. The summed E-state index contributed by atoms with van der Waals surface area (Å²) in [6, 6.07) is 9.03. The highest BCUT2D eigenvalue weighted by Crippen LogP contribution is 2.12. The molecule has 2 rings (SSSR count). The van der Waals surface area contributed by atoms with Crippen molar-refractivity contribution < 1.29 is 4.79 Å². The van der Waals surface area contributed by atoms with E-state index >= 15 is 0 Å². The Hall–Kier alpha value is -2.30. The molecule has 5 nitrogen and oxygen atoms in total. The lowest BCUT2D eigenvalue weighted by Crippen LogP contribution is -2.12. The molecule has 0 atom stereocenters. The molecule has 1 amide bonds. The molecule has 0 aliphatic heterocycles. The van der Waals surface area contributed by atoms with Gasteiger partial charge in [0.15, 0.2) is 0 Å². The average molecular weight is 244 g/mol. The molecule has 3 N–H and O–H groups in total. The summed E-state index contributed by atoms with van der Waals surface area (Å²) in [4.78, 5) is 11.7. The van der Waals surface area contributed by atoms with Crippen molar-refractivity contribution in [2.45, 2.75) is 19.4 Å². The van der Waals surface area contributed by atoms with Gasteiger partial charge in [0.1, 0.15) is 0 Å². The van der Waals surface area contributed by atoms with E-state index in [1.807, 2.05) is 29.1 Å². The Kier molecular flexibility index (Phi) is 3.96. The Labute approximate surface area is 106 Å². The predicted molar refractivity (Wildman–Crippen MR) is 70.9 cm³/mol. The molecule has 0 fully saturated rings. The normalized spacial score (nSPS) is 10.2. The molecule has 94 valence electrons. The molecular weight excluding hydrogens is 228 g/mol. The summed E-state index contributed by atoms with van der Waals surface area (Å²) in [7, 11) is 0. The van der Waals surface area contributed by atoms with Gasteiger partial charge in [-0.25, -0.2) is 0 Å². The fourth-order valence-electron chi connectivity index (χ4n) is 1.67. The first-order valence-corrected chi connectivity index (χ1v) is 5.87. The highest BCUT2D eigenvalue weighted by molar-refractivity contribution is 5.91. The van der Waals surface area contributed by atoms with Crippen molar-refractivity contribution in [2.75, 3.05) is 11.1 Å². The van der Waals surface area contributed by atoms with Crippen molar-refractivity contribution >= 4 is 17.3 Å². The van der Waals surface area contributed by atoms with Crippen LogP contribution in [0, 0.1) is 0 Å². The molecule has 18 heavy (non-hydrogen) atoms. The van der Waals surface area contributed by atoms with Gasteiger partial charge < -0.3 is 11.1 Å². The maximum absolute atomic E-state index is 11.7. The fourth-order valence-corrected chi connectivity index (χ4v) is 1.67. The van der Waals surface area contributed by atoms with E-state index in [1.165, 1.54) is 0 Å². The van der Waals surface area contributed by atoms with Gasteiger partial charge >= 0.3 is 0 Å².